The molecule has 1 amide bonds. The van der Waals surface area contributed by atoms with Crippen LogP contribution < -0.4 is 5.32 Å². The quantitative estimate of drug-likeness (QED) is 0.744. The largest absolute Gasteiger partial charge is 0.444 e. The van der Waals surface area contributed by atoms with E-state index >= 15 is 0 Å². The number of amides is 1. The Labute approximate surface area is 83.6 Å². The minimum atomic E-state index is -0.390. The second kappa shape index (κ2) is 4.22. The zero-order valence-electron chi connectivity index (χ0n) is 8.42. The van der Waals surface area contributed by atoms with Crippen LogP contribution in [0.3, 0.4) is 0 Å². The van der Waals surface area contributed by atoms with Gasteiger partial charge in [-0.05, 0) is 38.2 Å². The summed E-state index contributed by atoms with van der Waals surface area (Å²) in [4.78, 5) is 11.2. The number of ether oxygens (including phenoxy) is 1. The monoisotopic (exact) mass is 203 g/mol. The van der Waals surface area contributed by atoms with Crippen molar-refractivity contribution >= 4 is 17.9 Å². The molecule has 1 aliphatic rings. The molecule has 4 heteroatoms. The van der Waals surface area contributed by atoms with Crippen molar-refractivity contribution in [3.8, 4) is 0 Å². The molecule has 0 unspecified atom stereocenters. The van der Waals surface area contributed by atoms with E-state index in [-0.39, 0.29) is 6.09 Å². The molecule has 1 saturated heterocycles. The van der Waals surface area contributed by atoms with Crippen LogP contribution in [0.5, 0.6) is 0 Å². The van der Waals surface area contributed by atoms with E-state index in [1.807, 2.05) is 32.5 Å². The number of hydrogen-bond acceptors (Lipinski definition) is 3. The van der Waals surface area contributed by atoms with Crippen molar-refractivity contribution in [1.29, 1.82) is 0 Å². The fourth-order valence-electron chi connectivity index (χ4n) is 0.944. The predicted octanol–water partition coefficient (Wildman–Crippen LogP) is 1.87. The van der Waals surface area contributed by atoms with Crippen molar-refractivity contribution in [3.05, 3.63) is 0 Å². The number of rotatable bonds is 2. The summed E-state index contributed by atoms with van der Waals surface area (Å²) in [6, 6.07) is 0. The maximum absolute atomic E-state index is 11.2. The molecule has 0 radical (unpaired) electrons. The maximum Gasteiger partial charge on any atom is 0.407 e. The van der Waals surface area contributed by atoms with Gasteiger partial charge in [-0.15, -0.1) is 0 Å². The molecule has 0 bridgehead atoms. The minimum absolute atomic E-state index is 0.301. The molecule has 76 valence electrons. The lowest BCUT2D eigenvalue weighted by Crippen LogP contribution is -2.38. The van der Waals surface area contributed by atoms with Crippen LogP contribution >= 0.6 is 11.8 Å². The molecule has 0 aliphatic carbocycles. The molecule has 1 aliphatic heterocycles. The Morgan fingerprint density at radius 3 is 2.54 bits per heavy atom. The summed E-state index contributed by atoms with van der Waals surface area (Å²) in [5.41, 5.74) is -0.390. The number of carbonyl (C=O) groups excluding carboxylic acids is 1. The van der Waals surface area contributed by atoms with Gasteiger partial charge in [0.15, 0.2) is 0 Å². The lowest BCUT2D eigenvalue weighted by molar-refractivity contribution is 0.0521. The Bertz CT molecular complexity index is 185. The van der Waals surface area contributed by atoms with Crippen molar-refractivity contribution in [2.24, 2.45) is 5.92 Å². The highest BCUT2D eigenvalue weighted by Gasteiger charge is 2.20. The SMILES string of the molecule is CC(C)(C)OC(=O)NCC1CSC1. The molecule has 0 spiro atoms. The third-order valence-electron chi connectivity index (χ3n) is 1.64. The van der Waals surface area contributed by atoms with Crippen LogP contribution in [0.1, 0.15) is 20.8 Å². The van der Waals surface area contributed by atoms with E-state index in [0.717, 1.165) is 18.1 Å². The molecular weight excluding hydrogens is 186 g/mol. The summed E-state index contributed by atoms with van der Waals surface area (Å²) in [6.07, 6.45) is -0.301. The van der Waals surface area contributed by atoms with Gasteiger partial charge in [0, 0.05) is 6.54 Å². The van der Waals surface area contributed by atoms with Gasteiger partial charge in [0.2, 0.25) is 0 Å². The van der Waals surface area contributed by atoms with E-state index in [1.54, 1.807) is 0 Å². The average Bonchev–Trinajstić information content (AvgIpc) is 1.78. The van der Waals surface area contributed by atoms with Gasteiger partial charge in [-0.25, -0.2) is 4.79 Å². The minimum Gasteiger partial charge on any atom is -0.444 e. The summed E-state index contributed by atoms with van der Waals surface area (Å²) in [5, 5.41) is 2.77. The zero-order valence-corrected chi connectivity index (χ0v) is 9.24. The van der Waals surface area contributed by atoms with Crippen molar-refractivity contribution in [3.63, 3.8) is 0 Å². The third-order valence-corrected chi connectivity index (χ3v) is 3.06. The molecule has 0 saturated carbocycles. The van der Waals surface area contributed by atoms with Gasteiger partial charge in [0.25, 0.3) is 0 Å². The Kier molecular flexibility index (Phi) is 3.47. The highest BCUT2D eigenvalue weighted by atomic mass is 32.2. The van der Waals surface area contributed by atoms with E-state index in [9.17, 15) is 4.79 Å². The van der Waals surface area contributed by atoms with E-state index in [4.69, 9.17) is 4.74 Å². The third kappa shape index (κ3) is 4.41. The fourth-order valence-corrected chi connectivity index (χ4v) is 1.75. The van der Waals surface area contributed by atoms with Gasteiger partial charge >= 0.3 is 6.09 Å². The summed E-state index contributed by atoms with van der Waals surface area (Å²) in [7, 11) is 0. The van der Waals surface area contributed by atoms with Crippen LogP contribution in [0.25, 0.3) is 0 Å². The van der Waals surface area contributed by atoms with Crippen LogP contribution in [-0.2, 0) is 4.74 Å². The Morgan fingerprint density at radius 1 is 1.54 bits per heavy atom. The number of thioether (sulfide) groups is 1. The maximum atomic E-state index is 11.2. The molecular formula is C9H17NO2S. The number of hydrogen-bond donors (Lipinski definition) is 1. The molecule has 1 rings (SSSR count). The molecule has 3 nitrogen and oxygen atoms in total. The average molecular weight is 203 g/mol. The summed E-state index contributed by atoms with van der Waals surface area (Å²) in [5.74, 6) is 2.98. The first-order valence-electron chi connectivity index (χ1n) is 4.52. The van der Waals surface area contributed by atoms with Gasteiger partial charge in [-0.3, -0.25) is 0 Å². The summed E-state index contributed by atoms with van der Waals surface area (Å²) < 4.78 is 5.10. The fraction of sp³-hybridized carbons (Fsp3) is 0.889. The van der Waals surface area contributed by atoms with Crippen LogP contribution in [0.2, 0.25) is 0 Å². The smallest absolute Gasteiger partial charge is 0.407 e. The lowest BCUT2D eigenvalue weighted by atomic mass is 10.2. The predicted molar refractivity (Wildman–Crippen MR) is 55.1 cm³/mol. The standard InChI is InChI=1S/C9H17NO2S/c1-9(2,3)12-8(11)10-4-7-5-13-6-7/h7H,4-6H2,1-3H3,(H,10,11). The van der Waals surface area contributed by atoms with Crippen molar-refractivity contribution < 1.29 is 9.53 Å². The Balaban J connectivity index is 2.10. The first-order valence-corrected chi connectivity index (χ1v) is 5.67. The number of nitrogens with one attached hydrogen (secondary N) is 1. The first-order chi connectivity index (χ1) is 5.97. The molecule has 0 atom stereocenters. The van der Waals surface area contributed by atoms with Crippen LogP contribution in [0.15, 0.2) is 0 Å². The molecule has 1 fully saturated rings. The molecule has 0 aromatic carbocycles. The van der Waals surface area contributed by atoms with Crippen LogP contribution in [-0.4, -0.2) is 29.7 Å². The van der Waals surface area contributed by atoms with E-state index in [0.29, 0.717) is 5.92 Å². The van der Waals surface area contributed by atoms with Crippen LogP contribution in [0.4, 0.5) is 4.79 Å². The normalized spacial score (nSPS) is 17.8. The highest BCUT2D eigenvalue weighted by molar-refractivity contribution is 8.00. The van der Waals surface area contributed by atoms with Gasteiger partial charge < -0.3 is 10.1 Å². The van der Waals surface area contributed by atoms with Gasteiger partial charge in [-0.2, -0.15) is 11.8 Å². The Morgan fingerprint density at radius 2 is 2.15 bits per heavy atom. The summed E-state index contributed by atoms with van der Waals surface area (Å²) in [6.45, 7) is 6.35. The van der Waals surface area contributed by atoms with Gasteiger partial charge in [0.05, 0.1) is 0 Å². The molecule has 13 heavy (non-hydrogen) atoms. The number of carbonyl (C=O) groups is 1. The molecule has 1 N–H and O–H groups in total. The first kappa shape index (κ1) is 10.7. The Hall–Kier alpha value is -0.380. The molecule has 1 heterocycles. The van der Waals surface area contributed by atoms with Gasteiger partial charge in [-0.1, -0.05) is 0 Å². The second-order valence-electron chi connectivity index (χ2n) is 4.29. The highest BCUT2D eigenvalue weighted by Crippen LogP contribution is 2.23. The van der Waals surface area contributed by atoms with E-state index < -0.39 is 5.60 Å². The topological polar surface area (TPSA) is 38.3 Å². The van der Waals surface area contributed by atoms with Crippen molar-refractivity contribution in [1.82, 2.24) is 5.32 Å². The van der Waals surface area contributed by atoms with Crippen molar-refractivity contribution in [2.45, 2.75) is 26.4 Å². The van der Waals surface area contributed by atoms with E-state index in [2.05, 4.69) is 5.32 Å². The van der Waals surface area contributed by atoms with E-state index in [1.165, 1.54) is 0 Å². The van der Waals surface area contributed by atoms with Crippen molar-refractivity contribution in [2.75, 3.05) is 18.1 Å². The lowest BCUT2D eigenvalue weighted by Gasteiger charge is -2.26. The van der Waals surface area contributed by atoms with Gasteiger partial charge in [0.1, 0.15) is 5.60 Å². The summed E-state index contributed by atoms with van der Waals surface area (Å²) >= 11 is 1.92. The second-order valence-corrected chi connectivity index (χ2v) is 5.36. The molecule has 0 aromatic heterocycles. The molecule has 0 aromatic rings. The van der Waals surface area contributed by atoms with Crippen LogP contribution in [0, 0.1) is 5.92 Å². The zero-order chi connectivity index (χ0) is 9.90. The number of alkyl carbamates (subject to hydrolysis) is 1.